The molecule has 0 aromatic heterocycles. The summed E-state index contributed by atoms with van der Waals surface area (Å²) in [7, 11) is 0. The number of carboxylic acids is 1. The number of amides is 1. The van der Waals surface area contributed by atoms with Gasteiger partial charge in [-0.15, -0.1) is 0 Å². The van der Waals surface area contributed by atoms with Gasteiger partial charge in [-0.25, -0.2) is 0 Å². The third-order valence-corrected chi connectivity index (χ3v) is 3.06. The lowest BCUT2D eigenvalue weighted by molar-refractivity contribution is -0.138. The molecule has 122 valence electrons. The molecule has 0 heterocycles. The largest absolute Gasteiger partial charge is 0.481 e. The Morgan fingerprint density at radius 1 is 1.09 bits per heavy atom. The number of unbranched alkanes of at least 4 members (excludes halogenated alkanes) is 3. The normalized spacial score (nSPS) is 11.2. The van der Waals surface area contributed by atoms with E-state index in [-0.39, 0.29) is 12.0 Å². The van der Waals surface area contributed by atoms with Gasteiger partial charge in [0.1, 0.15) is 0 Å². The Kier molecular flexibility index (Phi) is 6.88. The molecule has 0 saturated heterocycles. The first-order valence-electron chi connectivity index (χ1n) is 6.98. The molecule has 0 atom stereocenters. The van der Waals surface area contributed by atoms with Crippen molar-refractivity contribution in [2.45, 2.75) is 38.3 Å². The molecule has 0 aliphatic carbocycles. The topological polar surface area (TPSA) is 66.4 Å². The van der Waals surface area contributed by atoms with Crippen LogP contribution in [0.5, 0.6) is 0 Å². The zero-order valence-electron chi connectivity index (χ0n) is 11.9. The summed E-state index contributed by atoms with van der Waals surface area (Å²) in [5.41, 5.74) is -0.880. The highest BCUT2D eigenvalue weighted by atomic mass is 19.4. The second kappa shape index (κ2) is 8.41. The van der Waals surface area contributed by atoms with E-state index in [4.69, 9.17) is 5.11 Å². The average Bonchev–Trinajstić information content (AvgIpc) is 2.45. The fourth-order valence-electron chi connectivity index (χ4n) is 1.90. The van der Waals surface area contributed by atoms with Gasteiger partial charge in [0, 0.05) is 18.5 Å². The molecule has 4 nitrogen and oxygen atoms in total. The maximum absolute atomic E-state index is 12.5. The van der Waals surface area contributed by atoms with Crippen LogP contribution in [-0.4, -0.2) is 23.5 Å². The van der Waals surface area contributed by atoms with Crippen LogP contribution >= 0.6 is 0 Å². The fraction of sp³-hybridized carbons (Fsp3) is 0.467. The van der Waals surface area contributed by atoms with E-state index in [1.54, 1.807) is 0 Å². The predicted octanol–water partition coefficient (Wildman–Crippen LogP) is 3.47. The number of hydrogen-bond donors (Lipinski definition) is 2. The molecule has 22 heavy (non-hydrogen) atoms. The zero-order valence-corrected chi connectivity index (χ0v) is 11.9. The summed E-state index contributed by atoms with van der Waals surface area (Å²) in [6.07, 6.45) is -1.61. The Bertz CT molecular complexity index is 515. The molecular weight excluding hydrogens is 299 g/mol. The SMILES string of the molecule is O=C(O)CCCCCCNC(=O)c1cccc(C(F)(F)F)c1. The zero-order chi connectivity index (χ0) is 16.6. The molecule has 1 aromatic carbocycles. The number of nitrogens with one attached hydrogen (secondary N) is 1. The fourth-order valence-corrected chi connectivity index (χ4v) is 1.90. The van der Waals surface area contributed by atoms with Gasteiger partial charge in [0.05, 0.1) is 5.56 Å². The van der Waals surface area contributed by atoms with Gasteiger partial charge in [-0.1, -0.05) is 18.9 Å². The second-order valence-corrected chi connectivity index (χ2v) is 4.89. The molecule has 0 radical (unpaired) electrons. The first kappa shape index (κ1) is 18.0. The van der Waals surface area contributed by atoms with Crippen molar-refractivity contribution in [2.24, 2.45) is 0 Å². The number of benzene rings is 1. The van der Waals surface area contributed by atoms with Crippen molar-refractivity contribution in [2.75, 3.05) is 6.54 Å². The van der Waals surface area contributed by atoms with Crippen molar-refractivity contribution in [1.82, 2.24) is 5.32 Å². The first-order chi connectivity index (χ1) is 10.3. The van der Waals surface area contributed by atoms with Crippen molar-refractivity contribution < 1.29 is 27.9 Å². The maximum Gasteiger partial charge on any atom is 0.416 e. The summed E-state index contributed by atoms with van der Waals surface area (Å²) >= 11 is 0. The van der Waals surface area contributed by atoms with Crippen molar-refractivity contribution in [1.29, 1.82) is 0 Å². The molecule has 0 bridgehead atoms. The van der Waals surface area contributed by atoms with Gasteiger partial charge in [-0.05, 0) is 31.0 Å². The van der Waals surface area contributed by atoms with Crippen LogP contribution in [0.1, 0.15) is 48.0 Å². The maximum atomic E-state index is 12.5. The van der Waals surface area contributed by atoms with Crippen molar-refractivity contribution in [3.8, 4) is 0 Å². The van der Waals surface area contributed by atoms with Crippen molar-refractivity contribution >= 4 is 11.9 Å². The molecule has 1 amide bonds. The standard InChI is InChI=1S/C15H18F3NO3/c16-15(17,18)12-7-5-6-11(10-12)14(22)19-9-4-2-1-3-8-13(20)21/h5-7,10H,1-4,8-9H2,(H,19,22)(H,20,21). The van der Waals surface area contributed by atoms with Crippen molar-refractivity contribution in [3.05, 3.63) is 35.4 Å². The highest BCUT2D eigenvalue weighted by molar-refractivity contribution is 5.94. The summed E-state index contributed by atoms with van der Waals surface area (Å²) in [6, 6.07) is 4.27. The number of carbonyl (C=O) groups is 2. The van der Waals surface area contributed by atoms with Crippen LogP contribution in [0.2, 0.25) is 0 Å². The third-order valence-electron chi connectivity index (χ3n) is 3.06. The van der Waals surface area contributed by atoms with Crippen LogP contribution in [0.25, 0.3) is 0 Å². The van der Waals surface area contributed by atoms with Gasteiger partial charge in [0.2, 0.25) is 0 Å². The highest BCUT2D eigenvalue weighted by Crippen LogP contribution is 2.29. The number of alkyl halides is 3. The molecule has 1 aromatic rings. The molecule has 0 fully saturated rings. The number of rotatable bonds is 8. The second-order valence-electron chi connectivity index (χ2n) is 4.89. The first-order valence-corrected chi connectivity index (χ1v) is 6.98. The Hall–Kier alpha value is -2.05. The summed E-state index contributed by atoms with van der Waals surface area (Å²) < 4.78 is 37.6. The molecule has 2 N–H and O–H groups in total. The van der Waals surface area contributed by atoms with E-state index in [2.05, 4.69) is 5.32 Å². The lowest BCUT2D eigenvalue weighted by Crippen LogP contribution is -2.24. The molecule has 1 rings (SSSR count). The number of halogens is 3. The van der Waals surface area contributed by atoms with Crippen LogP contribution in [0.3, 0.4) is 0 Å². The van der Waals surface area contributed by atoms with E-state index in [0.29, 0.717) is 19.4 Å². The molecular formula is C15H18F3NO3. The minimum atomic E-state index is -4.47. The van der Waals surface area contributed by atoms with E-state index in [9.17, 15) is 22.8 Å². The lowest BCUT2D eigenvalue weighted by atomic mass is 10.1. The quantitative estimate of drug-likeness (QED) is 0.722. The summed E-state index contributed by atoms with van der Waals surface area (Å²) in [5, 5.41) is 11.0. The Balaban J connectivity index is 2.33. The van der Waals surface area contributed by atoms with Crippen LogP contribution in [0.4, 0.5) is 13.2 Å². The minimum absolute atomic E-state index is 0.0271. The number of carboxylic acid groups (broad SMARTS) is 1. The summed E-state index contributed by atoms with van der Waals surface area (Å²) in [5.74, 6) is -1.38. The van der Waals surface area contributed by atoms with Crippen LogP contribution < -0.4 is 5.32 Å². The molecule has 0 unspecified atom stereocenters. The van der Waals surface area contributed by atoms with Gasteiger partial charge in [-0.2, -0.15) is 13.2 Å². The van der Waals surface area contributed by atoms with E-state index in [1.807, 2.05) is 0 Å². The van der Waals surface area contributed by atoms with E-state index in [1.165, 1.54) is 12.1 Å². The van der Waals surface area contributed by atoms with Gasteiger partial charge < -0.3 is 10.4 Å². The number of hydrogen-bond acceptors (Lipinski definition) is 2. The van der Waals surface area contributed by atoms with Crippen molar-refractivity contribution in [3.63, 3.8) is 0 Å². The highest BCUT2D eigenvalue weighted by Gasteiger charge is 2.30. The molecule has 0 aliphatic heterocycles. The van der Waals surface area contributed by atoms with Gasteiger partial charge >= 0.3 is 12.1 Å². The Morgan fingerprint density at radius 3 is 2.41 bits per heavy atom. The van der Waals surface area contributed by atoms with Gasteiger partial charge in [0.15, 0.2) is 0 Å². The molecule has 7 heteroatoms. The minimum Gasteiger partial charge on any atom is -0.481 e. The molecule has 0 saturated carbocycles. The molecule has 0 spiro atoms. The lowest BCUT2D eigenvalue weighted by Gasteiger charge is -2.09. The third kappa shape index (κ3) is 6.60. The summed E-state index contributed by atoms with van der Waals surface area (Å²) in [4.78, 5) is 22.0. The van der Waals surface area contributed by atoms with E-state index in [0.717, 1.165) is 25.0 Å². The monoisotopic (exact) mass is 317 g/mol. The van der Waals surface area contributed by atoms with E-state index < -0.39 is 23.6 Å². The van der Waals surface area contributed by atoms with Crippen LogP contribution in [0.15, 0.2) is 24.3 Å². The van der Waals surface area contributed by atoms with Gasteiger partial charge in [0.25, 0.3) is 5.91 Å². The van der Waals surface area contributed by atoms with E-state index >= 15 is 0 Å². The smallest absolute Gasteiger partial charge is 0.416 e. The number of carbonyl (C=O) groups excluding carboxylic acids is 1. The predicted molar refractivity (Wildman–Crippen MR) is 74.5 cm³/mol. The summed E-state index contributed by atoms with van der Waals surface area (Å²) in [6.45, 7) is 0.349. The van der Waals surface area contributed by atoms with Crippen LogP contribution in [0, 0.1) is 0 Å². The Morgan fingerprint density at radius 2 is 1.77 bits per heavy atom. The molecule has 0 aliphatic rings. The Labute approximate surface area is 126 Å². The average molecular weight is 317 g/mol. The van der Waals surface area contributed by atoms with Crippen LogP contribution in [-0.2, 0) is 11.0 Å². The van der Waals surface area contributed by atoms with Gasteiger partial charge in [-0.3, -0.25) is 9.59 Å². The number of aliphatic carboxylic acids is 1.